The van der Waals surface area contributed by atoms with Crippen molar-refractivity contribution >= 4 is 36.0 Å². The van der Waals surface area contributed by atoms with Crippen molar-refractivity contribution < 1.29 is 18.0 Å². The van der Waals surface area contributed by atoms with E-state index in [1.807, 2.05) is 67.6 Å². The minimum Gasteiger partial charge on any atom is -0.338 e. The first-order chi connectivity index (χ1) is 17.3. The Balaban J connectivity index is 1.90. The third-order valence-corrected chi connectivity index (χ3v) is 7.82. The fourth-order valence-electron chi connectivity index (χ4n) is 3.70. The number of carbonyl (C=O) groups is 1. The van der Waals surface area contributed by atoms with Crippen molar-refractivity contribution in [2.75, 3.05) is 0 Å². The van der Waals surface area contributed by atoms with Crippen molar-refractivity contribution in [3.8, 4) is 0 Å². The molecule has 3 nitrogen and oxygen atoms in total. The smallest absolute Gasteiger partial charge is 0.228 e. The molecular formula is C29H24F3N2OP. The molecular weight excluding hydrogens is 480 g/mol. The van der Waals surface area contributed by atoms with Gasteiger partial charge in [-0.15, -0.1) is 0 Å². The van der Waals surface area contributed by atoms with Gasteiger partial charge in [0.05, 0.1) is 13.8 Å². The van der Waals surface area contributed by atoms with Crippen LogP contribution in [0.2, 0.25) is 0 Å². The second-order valence-electron chi connectivity index (χ2n) is 8.31. The molecule has 0 aromatic heterocycles. The zero-order valence-electron chi connectivity index (χ0n) is 20.0. The highest BCUT2D eigenvalue weighted by molar-refractivity contribution is 7.71. The summed E-state index contributed by atoms with van der Waals surface area (Å²) >= 11 is 0. The number of Topliss-reactive ketones (excluding diaryl/α,β-unsaturated/α-hetero) is 1. The Morgan fingerprint density at radius 1 is 0.694 bits per heavy atom. The van der Waals surface area contributed by atoms with Gasteiger partial charge in [-0.25, -0.2) is 18.2 Å². The third-order valence-electron chi connectivity index (χ3n) is 5.75. The summed E-state index contributed by atoms with van der Waals surface area (Å²) in [6.45, 7) is 4.53. The minimum absolute atomic E-state index is 0.0886. The van der Waals surface area contributed by atoms with Crippen molar-refractivity contribution in [3.05, 3.63) is 125 Å². The van der Waals surface area contributed by atoms with Crippen molar-refractivity contribution in [1.29, 1.82) is 0 Å². The van der Waals surface area contributed by atoms with Gasteiger partial charge in [0.2, 0.25) is 5.78 Å². The van der Waals surface area contributed by atoms with Crippen molar-refractivity contribution in [2.45, 2.75) is 20.8 Å². The first kappa shape index (κ1) is 25.3. The van der Waals surface area contributed by atoms with E-state index in [0.29, 0.717) is 5.56 Å². The van der Waals surface area contributed by atoms with E-state index in [-0.39, 0.29) is 22.6 Å². The number of nitrogens with one attached hydrogen (secondary N) is 1. The van der Waals surface area contributed by atoms with Gasteiger partial charge in [0.25, 0.3) is 0 Å². The maximum Gasteiger partial charge on any atom is 0.228 e. The van der Waals surface area contributed by atoms with Crippen LogP contribution in [0.25, 0.3) is 0 Å². The van der Waals surface area contributed by atoms with Crippen LogP contribution in [0.5, 0.6) is 0 Å². The predicted molar refractivity (Wildman–Crippen MR) is 141 cm³/mol. The number of benzene rings is 4. The summed E-state index contributed by atoms with van der Waals surface area (Å²) in [7, 11) is -1.32. The van der Waals surface area contributed by atoms with Gasteiger partial charge in [0.1, 0.15) is 0 Å². The molecule has 0 fully saturated rings. The molecule has 0 atom stereocenters. The topological polar surface area (TPSA) is 41.5 Å². The summed E-state index contributed by atoms with van der Waals surface area (Å²) < 4.78 is 42.9. The second-order valence-corrected chi connectivity index (χ2v) is 10.2. The SMILES string of the molecule is Cc1ccc(C(=O)/C(=N\c2c(C)c(F)c(F)c(F)c2C)NP(c2ccccc2)c2ccccc2)cc1. The summed E-state index contributed by atoms with van der Waals surface area (Å²) in [6, 6.07) is 26.1. The van der Waals surface area contributed by atoms with Gasteiger partial charge in [-0.05, 0) is 20.8 Å². The van der Waals surface area contributed by atoms with E-state index in [4.69, 9.17) is 0 Å². The van der Waals surface area contributed by atoms with Crippen LogP contribution in [0.1, 0.15) is 27.0 Å². The third kappa shape index (κ3) is 5.24. The summed E-state index contributed by atoms with van der Waals surface area (Å²) in [5.74, 6) is -4.74. The van der Waals surface area contributed by atoms with Gasteiger partial charge in [0, 0.05) is 27.3 Å². The largest absolute Gasteiger partial charge is 0.338 e. The van der Waals surface area contributed by atoms with Crippen molar-refractivity contribution in [2.24, 2.45) is 4.99 Å². The number of ketones is 1. The number of halogens is 3. The van der Waals surface area contributed by atoms with E-state index in [9.17, 15) is 18.0 Å². The molecule has 0 spiro atoms. The fourth-order valence-corrected chi connectivity index (χ4v) is 5.56. The van der Waals surface area contributed by atoms with E-state index in [1.165, 1.54) is 13.8 Å². The highest BCUT2D eigenvalue weighted by Gasteiger charge is 2.25. The lowest BCUT2D eigenvalue weighted by Gasteiger charge is -2.22. The van der Waals surface area contributed by atoms with Crippen LogP contribution in [0.15, 0.2) is 89.9 Å². The summed E-state index contributed by atoms with van der Waals surface area (Å²) in [5, 5.41) is 5.13. The van der Waals surface area contributed by atoms with Gasteiger partial charge in [-0.2, -0.15) is 0 Å². The fraction of sp³-hybridized carbons (Fsp3) is 0.103. The van der Waals surface area contributed by atoms with E-state index in [1.54, 1.807) is 24.3 Å². The number of carbonyl (C=O) groups excluding carboxylic acids is 1. The molecule has 182 valence electrons. The number of amidine groups is 1. The molecule has 0 radical (unpaired) electrons. The van der Waals surface area contributed by atoms with Crippen LogP contribution >= 0.6 is 8.07 Å². The normalized spacial score (nSPS) is 11.6. The van der Waals surface area contributed by atoms with Gasteiger partial charge in [0.15, 0.2) is 23.3 Å². The quantitative estimate of drug-likeness (QED) is 0.106. The highest BCUT2D eigenvalue weighted by Crippen LogP contribution is 2.33. The van der Waals surface area contributed by atoms with E-state index in [0.717, 1.165) is 16.2 Å². The Morgan fingerprint density at radius 2 is 1.17 bits per heavy atom. The molecule has 0 unspecified atom stereocenters. The maximum absolute atomic E-state index is 14.5. The first-order valence-electron chi connectivity index (χ1n) is 11.3. The lowest BCUT2D eigenvalue weighted by Crippen LogP contribution is -2.33. The van der Waals surface area contributed by atoms with Gasteiger partial charge in [-0.3, -0.25) is 4.79 Å². The summed E-state index contributed by atoms with van der Waals surface area (Å²) in [4.78, 5) is 18.1. The molecule has 1 N–H and O–H groups in total. The molecule has 7 heteroatoms. The number of aliphatic imine (C=N–C) groups is 1. The molecule has 0 bridgehead atoms. The lowest BCUT2D eigenvalue weighted by atomic mass is 10.1. The predicted octanol–water partition coefficient (Wildman–Crippen LogP) is 6.58. The Hall–Kier alpha value is -3.76. The van der Waals surface area contributed by atoms with Gasteiger partial charge < -0.3 is 5.09 Å². The van der Waals surface area contributed by atoms with Gasteiger partial charge in [-0.1, -0.05) is 90.5 Å². The van der Waals surface area contributed by atoms with Gasteiger partial charge >= 0.3 is 0 Å². The average molecular weight is 504 g/mol. The lowest BCUT2D eigenvalue weighted by molar-refractivity contribution is 0.106. The van der Waals surface area contributed by atoms with Crippen LogP contribution in [0, 0.1) is 38.2 Å². The Kier molecular flexibility index (Phi) is 7.66. The number of rotatable bonds is 6. The molecule has 0 heterocycles. The number of hydrogen-bond acceptors (Lipinski definition) is 2. The molecule has 0 saturated carbocycles. The standard InChI is InChI=1S/C29H24F3N2OP/c1-18-14-16-21(17-15-18)28(35)29(33-27-19(2)24(30)26(32)25(31)20(27)3)34-36(22-10-6-4-7-11-22)23-12-8-5-9-13-23/h4-17H,1-3H3,(H,33,34). The number of hydrogen-bond donors (Lipinski definition) is 1. The number of aryl methyl sites for hydroxylation is 1. The average Bonchev–Trinajstić information content (AvgIpc) is 2.91. The monoisotopic (exact) mass is 504 g/mol. The first-order valence-corrected chi connectivity index (χ1v) is 12.6. The maximum atomic E-state index is 14.5. The zero-order chi connectivity index (χ0) is 25.8. The van der Waals surface area contributed by atoms with Crippen LogP contribution in [0.4, 0.5) is 18.9 Å². The molecule has 4 rings (SSSR count). The zero-order valence-corrected chi connectivity index (χ0v) is 20.9. The minimum atomic E-state index is -1.56. The molecule has 0 amide bonds. The Labute approximate surface area is 209 Å². The number of nitrogens with zero attached hydrogens (tertiary/aromatic N) is 1. The van der Waals surface area contributed by atoms with Crippen molar-refractivity contribution in [1.82, 2.24) is 5.09 Å². The molecule has 0 aliphatic heterocycles. The second kappa shape index (κ2) is 10.9. The molecule has 4 aromatic rings. The van der Waals surface area contributed by atoms with Crippen LogP contribution in [-0.4, -0.2) is 11.6 Å². The van der Waals surface area contributed by atoms with Crippen molar-refractivity contribution in [3.63, 3.8) is 0 Å². The van der Waals surface area contributed by atoms with Crippen LogP contribution < -0.4 is 15.7 Å². The van der Waals surface area contributed by atoms with Crippen LogP contribution in [-0.2, 0) is 0 Å². The highest BCUT2D eigenvalue weighted by atomic mass is 31.1. The summed E-state index contributed by atoms with van der Waals surface area (Å²) in [6.07, 6.45) is 0. The Morgan fingerprint density at radius 3 is 1.64 bits per heavy atom. The summed E-state index contributed by atoms with van der Waals surface area (Å²) in [5.41, 5.74) is 0.868. The Bertz CT molecular complexity index is 1350. The molecule has 0 saturated heterocycles. The van der Waals surface area contributed by atoms with E-state index in [2.05, 4.69) is 10.1 Å². The van der Waals surface area contributed by atoms with E-state index >= 15 is 0 Å². The molecule has 0 aliphatic rings. The molecule has 36 heavy (non-hydrogen) atoms. The molecule has 0 aliphatic carbocycles. The van der Waals surface area contributed by atoms with E-state index < -0.39 is 31.3 Å². The molecule has 4 aromatic carbocycles. The van der Waals surface area contributed by atoms with Crippen LogP contribution in [0.3, 0.4) is 0 Å².